The molecule has 1 atom stereocenters. The van der Waals surface area contributed by atoms with Gasteiger partial charge in [0.05, 0.1) is 0 Å². The van der Waals surface area contributed by atoms with Crippen LogP contribution in [0.1, 0.15) is 58.4 Å². The van der Waals surface area contributed by atoms with Crippen molar-refractivity contribution in [1.82, 2.24) is 5.32 Å². The van der Waals surface area contributed by atoms with Crippen LogP contribution in [-0.2, 0) is 6.42 Å². The van der Waals surface area contributed by atoms with Crippen LogP contribution in [0.5, 0.6) is 0 Å². The molecule has 0 aliphatic rings. The number of hydrogen-bond acceptors (Lipinski definition) is 1. The zero-order valence-electron chi connectivity index (χ0n) is 13.3. The summed E-state index contributed by atoms with van der Waals surface area (Å²) in [6.45, 7) is 7.88. The predicted molar refractivity (Wildman–Crippen MR) is 93.2 cm³/mol. The van der Waals surface area contributed by atoms with Gasteiger partial charge in [-0.1, -0.05) is 74.5 Å². The van der Waals surface area contributed by atoms with Crippen molar-refractivity contribution in [2.75, 3.05) is 6.54 Å². The van der Waals surface area contributed by atoms with Gasteiger partial charge in [0.2, 0.25) is 0 Å². The molecule has 0 aromatic heterocycles. The second-order valence-electron chi connectivity index (χ2n) is 6.11. The summed E-state index contributed by atoms with van der Waals surface area (Å²) in [4.78, 5) is 0. The average molecular weight is 340 g/mol. The first-order chi connectivity index (χ1) is 9.61. The summed E-state index contributed by atoms with van der Waals surface area (Å²) in [6, 6.07) is 9.38. The Labute approximate surface area is 133 Å². The Bertz CT molecular complexity index is 345. The SMILES string of the molecule is CCCCCCC(CNC(C)C)Cc1ccc(Br)cc1. The van der Waals surface area contributed by atoms with Crippen molar-refractivity contribution in [2.45, 2.75) is 65.3 Å². The minimum absolute atomic E-state index is 0.582. The summed E-state index contributed by atoms with van der Waals surface area (Å²) >= 11 is 3.51. The number of benzene rings is 1. The Balaban J connectivity index is 2.45. The number of hydrogen-bond donors (Lipinski definition) is 1. The van der Waals surface area contributed by atoms with Crippen LogP contribution >= 0.6 is 15.9 Å². The van der Waals surface area contributed by atoms with E-state index < -0.39 is 0 Å². The molecule has 1 nitrogen and oxygen atoms in total. The molecule has 0 aliphatic carbocycles. The van der Waals surface area contributed by atoms with Gasteiger partial charge in [0.1, 0.15) is 0 Å². The molecule has 114 valence electrons. The standard InChI is InChI=1S/C18H30BrN/c1-4-5-6-7-8-17(14-20-15(2)3)13-16-9-11-18(19)12-10-16/h9-12,15,17,20H,4-8,13-14H2,1-3H3. The Morgan fingerprint density at radius 3 is 2.35 bits per heavy atom. The molecule has 1 unspecified atom stereocenters. The molecule has 0 aliphatic heterocycles. The van der Waals surface area contributed by atoms with Crippen molar-refractivity contribution < 1.29 is 0 Å². The summed E-state index contributed by atoms with van der Waals surface area (Å²) in [5.41, 5.74) is 1.46. The normalized spacial score (nSPS) is 12.8. The van der Waals surface area contributed by atoms with Gasteiger partial charge in [0, 0.05) is 10.5 Å². The van der Waals surface area contributed by atoms with Crippen LogP contribution in [-0.4, -0.2) is 12.6 Å². The molecule has 0 fully saturated rings. The highest BCUT2D eigenvalue weighted by Crippen LogP contribution is 2.18. The lowest BCUT2D eigenvalue weighted by Crippen LogP contribution is -2.30. The largest absolute Gasteiger partial charge is 0.314 e. The maximum absolute atomic E-state index is 3.61. The molecule has 1 N–H and O–H groups in total. The van der Waals surface area contributed by atoms with Gasteiger partial charge in [0.25, 0.3) is 0 Å². The van der Waals surface area contributed by atoms with Crippen LogP contribution in [0.2, 0.25) is 0 Å². The van der Waals surface area contributed by atoms with E-state index in [2.05, 4.69) is 66.3 Å². The van der Waals surface area contributed by atoms with Gasteiger partial charge in [-0.15, -0.1) is 0 Å². The van der Waals surface area contributed by atoms with Gasteiger partial charge in [-0.25, -0.2) is 0 Å². The summed E-state index contributed by atoms with van der Waals surface area (Å²) < 4.78 is 1.17. The van der Waals surface area contributed by atoms with E-state index in [9.17, 15) is 0 Å². The van der Waals surface area contributed by atoms with Gasteiger partial charge < -0.3 is 5.32 Å². The average Bonchev–Trinajstić information content (AvgIpc) is 2.43. The second-order valence-corrected chi connectivity index (χ2v) is 7.02. The molecular formula is C18H30BrN. The number of halogens is 1. The molecule has 1 aromatic carbocycles. The van der Waals surface area contributed by atoms with Crippen LogP contribution in [0, 0.1) is 5.92 Å². The molecule has 20 heavy (non-hydrogen) atoms. The predicted octanol–water partition coefficient (Wildman–Crippen LogP) is 5.58. The molecule has 1 rings (SSSR count). The number of unbranched alkanes of at least 4 members (excludes halogenated alkanes) is 3. The van der Waals surface area contributed by atoms with Crippen molar-refractivity contribution >= 4 is 15.9 Å². The molecular weight excluding hydrogens is 310 g/mol. The van der Waals surface area contributed by atoms with E-state index >= 15 is 0 Å². The highest BCUT2D eigenvalue weighted by molar-refractivity contribution is 9.10. The smallest absolute Gasteiger partial charge is 0.0175 e. The molecule has 0 saturated carbocycles. The molecule has 0 bridgehead atoms. The monoisotopic (exact) mass is 339 g/mol. The molecule has 2 heteroatoms. The van der Waals surface area contributed by atoms with Gasteiger partial charge in [-0.3, -0.25) is 0 Å². The third kappa shape index (κ3) is 8.06. The van der Waals surface area contributed by atoms with E-state index in [1.54, 1.807) is 0 Å². The maximum atomic E-state index is 3.61. The molecule has 1 aromatic rings. The minimum Gasteiger partial charge on any atom is -0.314 e. The van der Waals surface area contributed by atoms with Gasteiger partial charge in [0.15, 0.2) is 0 Å². The van der Waals surface area contributed by atoms with Crippen molar-refractivity contribution in [1.29, 1.82) is 0 Å². The topological polar surface area (TPSA) is 12.0 Å². The van der Waals surface area contributed by atoms with Crippen LogP contribution in [0.3, 0.4) is 0 Å². The molecule has 0 radical (unpaired) electrons. The summed E-state index contributed by atoms with van der Waals surface area (Å²) in [5, 5.41) is 3.61. The van der Waals surface area contributed by atoms with E-state index in [0.29, 0.717) is 6.04 Å². The number of rotatable bonds is 10. The maximum Gasteiger partial charge on any atom is 0.0175 e. The van der Waals surface area contributed by atoms with Crippen LogP contribution in [0.4, 0.5) is 0 Å². The molecule has 0 heterocycles. The molecule has 0 spiro atoms. The molecule has 0 saturated heterocycles. The Kier molecular flexibility index (Phi) is 9.21. The van der Waals surface area contributed by atoms with Crippen molar-refractivity contribution in [3.05, 3.63) is 34.3 Å². The Hall–Kier alpha value is -0.340. The second kappa shape index (κ2) is 10.4. The fraction of sp³-hybridized carbons (Fsp3) is 0.667. The lowest BCUT2D eigenvalue weighted by atomic mass is 9.93. The number of nitrogens with one attached hydrogen (secondary N) is 1. The lowest BCUT2D eigenvalue weighted by molar-refractivity contribution is 0.405. The van der Waals surface area contributed by atoms with E-state index in [0.717, 1.165) is 12.5 Å². The van der Waals surface area contributed by atoms with E-state index in [1.807, 2.05) is 0 Å². The first-order valence-corrected chi connectivity index (χ1v) is 8.89. The zero-order chi connectivity index (χ0) is 14.8. The van der Waals surface area contributed by atoms with Crippen LogP contribution in [0.25, 0.3) is 0 Å². The summed E-state index contributed by atoms with van der Waals surface area (Å²) in [7, 11) is 0. The first kappa shape index (κ1) is 17.7. The van der Waals surface area contributed by atoms with Gasteiger partial charge in [-0.05, 0) is 43.0 Å². The first-order valence-electron chi connectivity index (χ1n) is 8.09. The fourth-order valence-corrected chi connectivity index (χ4v) is 2.76. The minimum atomic E-state index is 0.582. The van der Waals surface area contributed by atoms with Gasteiger partial charge >= 0.3 is 0 Å². The Morgan fingerprint density at radius 1 is 1.05 bits per heavy atom. The third-order valence-electron chi connectivity index (χ3n) is 3.72. The third-order valence-corrected chi connectivity index (χ3v) is 4.25. The summed E-state index contributed by atoms with van der Waals surface area (Å²) in [5.74, 6) is 0.760. The van der Waals surface area contributed by atoms with Crippen molar-refractivity contribution in [3.63, 3.8) is 0 Å². The van der Waals surface area contributed by atoms with Gasteiger partial charge in [-0.2, -0.15) is 0 Å². The van der Waals surface area contributed by atoms with E-state index in [1.165, 1.54) is 48.6 Å². The van der Waals surface area contributed by atoms with E-state index in [4.69, 9.17) is 0 Å². The van der Waals surface area contributed by atoms with Crippen molar-refractivity contribution in [3.8, 4) is 0 Å². The fourth-order valence-electron chi connectivity index (χ4n) is 2.49. The highest BCUT2D eigenvalue weighted by Gasteiger charge is 2.10. The van der Waals surface area contributed by atoms with Crippen LogP contribution in [0.15, 0.2) is 28.7 Å². The lowest BCUT2D eigenvalue weighted by Gasteiger charge is -2.19. The summed E-state index contributed by atoms with van der Waals surface area (Å²) in [6.07, 6.45) is 7.99. The van der Waals surface area contributed by atoms with Crippen LogP contribution < -0.4 is 5.32 Å². The molecule has 0 amide bonds. The Morgan fingerprint density at radius 2 is 1.75 bits per heavy atom. The van der Waals surface area contributed by atoms with Crippen molar-refractivity contribution in [2.24, 2.45) is 5.92 Å². The van der Waals surface area contributed by atoms with E-state index in [-0.39, 0.29) is 0 Å². The quantitative estimate of drug-likeness (QED) is 0.549. The highest BCUT2D eigenvalue weighted by atomic mass is 79.9. The zero-order valence-corrected chi connectivity index (χ0v) is 14.9.